The smallest absolute Gasteiger partial charge is 0.239 e. The van der Waals surface area contributed by atoms with E-state index in [4.69, 9.17) is 4.52 Å². The van der Waals surface area contributed by atoms with Gasteiger partial charge in [0.1, 0.15) is 5.76 Å². The third kappa shape index (κ3) is 3.58. The molecule has 1 N–H and O–H groups in total. The standard InChI is InChI=1S/C17H24N6O2S/c1-3-13(15(24)18-14-10-11(2)25-21-14)26-17-20-19-16(22-8-4-5-9-22)23(17)12-6-7-12/h10,12-13H,3-9H2,1-2H3,(H,18,21,24). The molecule has 1 saturated heterocycles. The average Bonchev–Trinajstić information content (AvgIpc) is 3.02. The number of amides is 1. The Balaban J connectivity index is 1.50. The molecule has 1 atom stereocenters. The second kappa shape index (κ2) is 7.30. The number of carbonyl (C=O) groups is 1. The number of aromatic nitrogens is 4. The van der Waals surface area contributed by atoms with Crippen LogP contribution in [0.5, 0.6) is 0 Å². The van der Waals surface area contributed by atoms with Crippen LogP contribution in [0, 0.1) is 6.92 Å². The maximum Gasteiger partial charge on any atom is 0.239 e. The fourth-order valence-electron chi connectivity index (χ4n) is 3.22. The third-order valence-electron chi connectivity index (χ3n) is 4.74. The minimum Gasteiger partial charge on any atom is -0.360 e. The zero-order valence-corrected chi connectivity index (χ0v) is 16.0. The first-order valence-corrected chi connectivity index (χ1v) is 10.1. The zero-order valence-electron chi connectivity index (χ0n) is 15.1. The molecule has 2 aromatic rings. The molecule has 2 aromatic heterocycles. The molecule has 1 saturated carbocycles. The normalized spacial score (nSPS) is 18.3. The van der Waals surface area contributed by atoms with E-state index < -0.39 is 0 Å². The van der Waals surface area contributed by atoms with E-state index in [-0.39, 0.29) is 11.2 Å². The van der Waals surface area contributed by atoms with Crippen molar-refractivity contribution in [1.82, 2.24) is 19.9 Å². The van der Waals surface area contributed by atoms with Gasteiger partial charge in [0, 0.05) is 25.2 Å². The fraction of sp³-hybridized carbons (Fsp3) is 0.647. The summed E-state index contributed by atoms with van der Waals surface area (Å²) in [6.07, 6.45) is 5.43. The third-order valence-corrected chi connectivity index (χ3v) is 6.06. The van der Waals surface area contributed by atoms with Gasteiger partial charge in [0.2, 0.25) is 11.9 Å². The molecule has 1 unspecified atom stereocenters. The first kappa shape index (κ1) is 17.4. The highest BCUT2D eigenvalue weighted by Gasteiger charge is 2.34. The number of thioether (sulfide) groups is 1. The molecule has 0 aromatic carbocycles. The first-order chi connectivity index (χ1) is 12.7. The summed E-state index contributed by atoms with van der Waals surface area (Å²) in [7, 11) is 0. The Hall–Kier alpha value is -2.03. The summed E-state index contributed by atoms with van der Waals surface area (Å²) >= 11 is 1.49. The highest BCUT2D eigenvalue weighted by molar-refractivity contribution is 8.00. The maximum atomic E-state index is 12.6. The predicted octanol–water partition coefficient (Wildman–Crippen LogP) is 3.02. The fourth-order valence-corrected chi connectivity index (χ4v) is 4.24. The first-order valence-electron chi connectivity index (χ1n) is 9.26. The number of aryl methyl sites for hydroxylation is 1. The minimum absolute atomic E-state index is 0.0844. The van der Waals surface area contributed by atoms with Crippen LogP contribution in [0.1, 0.15) is 50.8 Å². The summed E-state index contributed by atoms with van der Waals surface area (Å²) in [5.41, 5.74) is 0. The number of hydrogen-bond acceptors (Lipinski definition) is 7. The van der Waals surface area contributed by atoms with Crippen LogP contribution in [0.25, 0.3) is 0 Å². The Labute approximate surface area is 156 Å². The summed E-state index contributed by atoms with van der Waals surface area (Å²) in [5, 5.41) is 16.1. The van der Waals surface area contributed by atoms with Crippen LogP contribution in [-0.4, -0.2) is 44.2 Å². The van der Waals surface area contributed by atoms with Crippen LogP contribution < -0.4 is 10.2 Å². The summed E-state index contributed by atoms with van der Waals surface area (Å²) < 4.78 is 7.25. The van der Waals surface area contributed by atoms with E-state index in [1.165, 1.54) is 24.6 Å². The van der Waals surface area contributed by atoms with Crippen molar-refractivity contribution in [1.29, 1.82) is 0 Å². The molecule has 1 aliphatic carbocycles. The molecule has 2 aliphatic rings. The van der Waals surface area contributed by atoms with E-state index in [1.54, 1.807) is 13.0 Å². The molecule has 140 valence electrons. The van der Waals surface area contributed by atoms with Crippen LogP contribution in [-0.2, 0) is 4.79 Å². The van der Waals surface area contributed by atoms with Gasteiger partial charge in [-0.05, 0) is 39.0 Å². The Morgan fingerprint density at radius 2 is 2.15 bits per heavy atom. The van der Waals surface area contributed by atoms with Gasteiger partial charge in [-0.15, -0.1) is 10.2 Å². The average molecular weight is 376 g/mol. The number of rotatable bonds is 7. The van der Waals surface area contributed by atoms with Crippen LogP contribution in [0.15, 0.2) is 15.7 Å². The molecule has 3 heterocycles. The molecular formula is C17H24N6O2S. The molecule has 0 spiro atoms. The van der Waals surface area contributed by atoms with Gasteiger partial charge in [-0.1, -0.05) is 23.8 Å². The van der Waals surface area contributed by atoms with Gasteiger partial charge < -0.3 is 14.7 Å². The molecule has 9 heteroatoms. The van der Waals surface area contributed by atoms with E-state index >= 15 is 0 Å². The van der Waals surface area contributed by atoms with E-state index in [0.29, 0.717) is 24.0 Å². The van der Waals surface area contributed by atoms with Crippen molar-refractivity contribution in [2.24, 2.45) is 0 Å². The van der Waals surface area contributed by atoms with Crippen molar-refractivity contribution in [2.75, 3.05) is 23.3 Å². The molecule has 0 radical (unpaired) electrons. The van der Waals surface area contributed by atoms with Gasteiger partial charge in [-0.2, -0.15) is 0 Å². The number of nitrogens with zero attached hydrogens (tertiary/aromatic N) is 5. The monoisotopic (exact) mass is 376 g/mol. The molecule has 0 bridgehead atoms. The van der Waals surface area contributed by atoms with Gasteiger partial charge in [-0.3, -0.25) is 9.36 Å². The second-order valence-corrected chi connectivity index (χ2v) is 8.07. The lowest BCUT2D eigenvalue weighted by atomic mass is 10.3. The quantitative estimate of drug-likeness (QED) is 0.743. The Morgan fingerprint density at radius 1 is 1.38 bits per heavy atom. The van der Waals surface area contributed by atoms with E-state index in [1.807, 2.05) is 6.92 Å². The molecular weight excluding hydrogens is 352 g/mol. The zero-order chi connectivity index (χ0) is 18.1. The lowest BCUT2D eigenvalue weighted by Gasteiger charge is -2.19. The highest BCUT2D eigenvalue weighted by Crippen LogP contribution is 2.42. The summed E-state index contributed by atoms with van der Waals surface area (Å²) in [6, 6.07) is 2.19. The topological polar surface area (TPSA) is 89.1 Å². The molecule has 8 nitrogen and oxygen atoms in total. The Kier molecular flexibility index (Phi) is 4.88. The summed E-state index contributed by atoms with van der Waals surface area (Å²) in [6.45, 7) is 5.88. The van der Waals surface area contributed by atoms with Crippen LogP contribution in [0.2, 0.25) is 0 Å². The van der Waals surface area contributed by atoms with Crippen molar-refractivity contribution in [3.05, 3.63) is 11.8 Å². The van der Waals surface area contributed by atoms with Crippen molar-refractivity contribution in [2.45, 2.75) is 62.4 Å². The van der Waals surface area contributed by atoms with Crippen LogP contribution >= 0.6 is 11.8 Å². The maximum absolute atomic E-state index is 12.6. The summed E-state index contributed by atoms with van der Waals surface area (Å²) in [4.78, 5) is 14.9. The van der Waals surface area contributed by atoms with Crippen LogP contribution in [0.3, 0.4) is 0 Å². The number of carbonyl (C=O) groups excluding carboxylic acids is 1. The molecule has 26 heavy (non-hydrogen) atoms. The van der Waals surface area contributed by atoms with Crippen molar-refractivity contribution >= 4 is 29.4 Å². The van der Waals surface area contributed by atoms with Crippen molar-refractivity contribution in [3.8, 4) is 0 Å². The van der Waals surface area contributed by atoms with Crippen molar-refractivity contribution in [3.63, 3.8) is 0 Å². The van der Waals surface area contributed by atoms with E-state index in [9.17, 15) is 4.79 Å². The molecule has 1 aliphatic heterocycles. The lowest BCUT2D eigenvalue weighted by Crippen LogP contribution is -2.25. The predicted molar refractivity (Wildman–Crippen MR) is 99.5 cm³/mol. The molecule has 2 fully saturated rings. The van der Waals surface area contributed by atoms with Gasteiger partial charge >= 0.3 is 0 Å². The minimum atomic E-state index is -0.250. The van der Waals surface area contributed by atoms with E-state index in [2.05, 4.69) is 30.1 Å². The number of nitrogens with one attached hydrogen (secondary N) is 1. The summed E-state index contributed by atoms with van der Waals surface area (Å²) in [5.74, 6) is 2.01. The second-order valence-electron chi connectivity index (χ2n) is 6.90. The Bertz CT molecular complexity index is 778. The highest BCUT2D eigenvalue weighted by atomic mass is 32.2. The number of hydrogen-bond donors (Lipinski definition) is 1. The SMILES string of the molecule is CCC(Sc1nnc(N2CCCC2)n1C1CC1)C(=O)Nc1cc(C)on1. The Morgan fingerprint density at radius 3 is 2.77 bits per heavy atom. The van der Waals surface area contributed by atoms with Crippen molar-refractivity contribution < 1.29 is 9.32 Å². The number of anilines is 2. The molecule has 1 amide bonds. The largest absolute Gasteiger partial charge is 0.360 e. The lowest BCUT2D eigenvalue weighted by molar-refractivity contribution is -0.115. The van der Waals surface area contributed by atoms with Gasteiger partial charge in [-0.25, -0.2) is 0 Å². The van der Waals surface area contributed by atoms with Gasteiger partial charge in [0.05, 0.1) is 5.25 Å². The molecule has 4 rings (SSSR count). The van der Waals surface area contributed by atoms with E-state index in [0.717, 1.165) is 37.0 Å². The van der Waals surface area contributed by atoms with Crippen LogP contribution in [0.4, 0.5) is 11.8 Å². The van der Waals surface area contributed by atoms with Gasteiger partial charge in [0.25, 0.3) is 0 Å². The van der Waals surface area contributed by atoms with Gasteiger partial charge in [0.15, 0.2) is 11.0 Å².